The van der Waals surface area contributed by atoms with Crippen LogP contribution in [-0.2, 0) is 21.4 Å². The molecule has 2 saturated heterocycles. The normalized spacial score (nSPS) is 17.4. The van der Waals surface area contributed by atoms with Gasteiger partial charge >= 0.3 is 0 Å². The largest absolute Gasteiger partial charge is 0.379 e. The fourth-order valence-electron chi connectivity index (χ4n) is 5.99. The fraction of sp³-hybridized carbons (Fsp3) is 0.452. The standard InChI is InChI=1S/C31H36F2N6O4S/c32-27-16-22(17-28(33)26(27)21-38-11-13-43-14-12-38)25-4-3-5-29-31(25)36-30(19-34-29)23-18-35-39(20-23)24-6-9-37(10-7-24)8-1-2-15-44(40,41)42/h3-5,16-20,24H,1-2,6-15,21H2,(H,40,41,42). The van der Waals surface area contributed by atoms with Crippen LogP contribution in [0.15, 0.2) is 48.9 Å². The zero-order chi connectivity index (χ0) is 30.7. The number of aromatic nitrogens is 4. The highest BCUT2D eigenvalue weighted by atomic mass is 32.2. The minimum absolute atomic E-state index is 0.0538. The third kappa shape index (κ3) is 7.29. The van der Waals surface area contributed by atoms with E-state index in [0.29, 0.717) is 60.6 Å². The summed E-state index contributed by atoms with van der Waals surface area (Å²) in [4.78, 5) is 13.8. The Labute approximate surface area is 255 Å². The Morgan fingerprint density at radius 3 is 2.43 bits per heavy atom. The molecule has 0 atom stereocenters. The average Bonchev–Trinajstić information content (AvgIpc) is 3.51. The minimum atomic E-state index is -3.91. The number of morpholine rings is 1. The fourth-order valence-corrected chi connectivity index (χ4v) is 6.56. The second-order valence-electron chi connectivity index (χ2n) is 11.5. The van der Waals surface area contributed by atoms with Gasteiger partial charge in [-0.25, -0.2) is 13.8 Å². The van der Waals surface area contributed by atoms with E-state index in [1.165, 1.54) is 12.1 Å². The maximum Gasteiger partial charge on any atom is 0.264 e. The zero-order valence-electron chi connectivity index (χ0n) is 24.4. The number of ether oxygens (including phenoxy) is 1. The van der Waals surface area contributed by atoms with E-state index < -0.39 is 21.8 Å². The molecule has 2 aliphatic rings. The van der Waals surface area contributed by atoms with Crippen LogP contribution in [0.25, 0.3) is 33.4 Å². The lowest BCUT2D eigenvalue weighted by Crippen LogP contribution is -2.36. The van der Waals surface area contributed by atoms with E-state index in [1.54, 1.807) is 18.5 Å². The molecule has 0 bridgehead atoms. The number of para-hydroxylation sites is 1. The second-order valence-corrected chi connectivity index (χ2v) is 13.1. The molecule has 1 N–H and O–H groups in total. The Hall–Kier alpha value is -3.36. The Kier molecular flexibility index (Phi) is 9.29. The molecule has 13 heteroatoms. The van der Waals surface area contributed by atoms with Crippen molar-refractivity contribution in [2.45, 2.75) is 38.3 Å². The molecule has 44 heavy (non-hydrogen) atoms. The van der Waals surface area contributed by atoms with Crippen molar-refractivity contribution >= 4 is 21.2 Å². The van der Waals surface area contributed by atoms with E-state index in [0.717, 1.165) is 44.5 Å². The highest BCUT2D eigenvalue weighted by Gasteiger charge is 2.22. The van der Waals surface area contributed by atoms with Gasteiger partial charge in [0.05, 0.1) is 54.1 Å². The van der Waals surface area contributed by atoms with Crippen molar-refractivity contribution in [2.75, 3.05) is 51.7 Å². The molecular formula is C31H36F2N6O4S. The molecule has 2 aliphatic heterocycles. The zero-order valence-corrected chi connectivity index (χ0v) is 25.2. The van der Waals surface area contributed by atoms with E-state index >= 15 is 8.78 Å². The number of rotatable bonds is 10. The number of benzene rings is 2. The van der Waals surface area contributed by atoms with Crippen LogP contribution >= 0.6 is 0 Å². The molecule has 0 amide bonds. The number of likely N-dealkylation sites (tertiary alicyclic amines) is 1. The van der Waals surface area contributed by atoms with Gasteiger partial charge in [0.1, 0.15) is 11.6 Å². The van der Waals surface area contributed by atoms with Crippen molar-refractivity contribution in [3.05, 3.63) is 66.1 Å². The average molecular weight is 627 g/mol. The van der Waals surface area contributed by atoms with Crippen LogP contribution in [-0.4, -0.2) is 94.2 Å². The highest BCUT2D eigenvalue weighted by molar-refractivity contribution is 7.85. The number of fused-ring (bicyclic) bond motifs is 1. The summed E-state index contributed by atoms with van der Waals surface area (Å²) in [5.74, 6) is -1.37. The van der Waals surface area contributed by atoms with Crippen LogP contribution in [0.1, 0.15) is 37.3 Å². The van der Waals surface area contributed by atoms with Crippen molar-refractivity contribution in [3.8, 4) is 22.4 Å². The third-order valence-electron chi connectivity index (χ3n) is 8.47. The number of nitrogens with zero attached hydrogens (tertiary/aromatic N) is 6. The van der Waals surface area contributed by atoms with Crippen LogP contribution in [0.4, 0.5) is 8.78 Å². The van der Waals surface area contributed by atoms with Crippen LogP contribution in [0.2, 0.25) is 0 Å². The molecule has 4 aromatic rings. The quantitative estimate of drug-likeness (QED) is 0.200. The van der Waals surface area contributed by atoms with E-state index in [1.807, 2.05) is 27.9 Å². The van der Waals surface area contributed by atoms with E-state index in [9.17, 15) is 8.42 Å². The van der Waals surface area contributed by atoms with Crippen molar-refractivity contribution in [1.82, 2.24) is 29.5 Å². The summed E-state index contributed by atoms with van der Waals surface area (Å²) in [6, 6.07) is 8.42. The molecule has 2 aromatic heterocycles. The summed E-state index contributed by atoms with van der Waals surface area (Å²) in [7, 11) is -3.91. The van der Waals surface area contributed by atoms with Gasteiger partial charge in [0, 0.05) is 55.6 Å². The van der Waals surface area contributed by atoms with E-state index in [-0.39, 0.29) is 23.9 Å². The number of hydrogen-bond donors (Lipinski definition) is 1. The Morgan fingerprint density at radius 2 is 1.70 bits per heavy atom. The van der Waals surface area contributed by atoms with Crippen molar-refractivity contribution in [3.63, 3.8) is 0 Å². The topological polar surface area (TPSA) is 114 Å². The Morgan fingerprint density at radius 1 is 0.955 bits per heavy atom. The van der Waals surface area contributed by atoms with Gasteiger partial charge in [0.15, 0.2) is 0 Å². The number of hydrogen-bond acceptors (Lipinski definition) is 8. The van der Waals surface area contributed by atoms with Crippen molar-refractivity contribution < 1.29 is 26.5 Å². The summed E-state index contributed by atoms with van der Waals surface area (Å²) < 4.78 is 68.5. The lowest BCUT2D eigenvalue weighted by Gasteiger charge is -2.32. The van der Waals surface area contributed by atoms with Gasteiger partial charge in [-0.2, -0.15) is 13.5 Å². The lowest BCUT2D eigenvalue weighted by molar-refractivity contribution is 0.0332. The first kappa shape index (κ1) is 30.7. The van der Waals surface area contributed by atoms with Gasteiger partial charge in [-0.05, 0) is 56.0 Å². The SMILES string of the molecule is O=S(=O)(O)CCCCN1CCC(n2cc(-c3cnc4cccc(-c5cc(F)c(CN6CCOCC6)c(F)c5)c4n3)cn2)CC1. The monoisotopic (exact) mass is 626 g/mol. The Balaban J connectivity index is 1.16. The van der Waals surface area contributed by atoms with Crippen LogP contribution < -0.4 is 0 Å². The summed E-state index contributed by atoms with van der Waals surface area (Å²) in [5.41, 5.74) is 3.67. The molecule has 0 saturated carbocycles. The first-order valence-corrected chi connectivity index (χ1v) is 16.6. The molecule has 4 heterocycles. The molecule has 0 unspecified atom stereocenters. The third-order valence-corrected chi connectivity index (χ3v) is 9.27. The smallest absolute Gasteiger partial charge is 0.264 e. The number of halogens is 2. The summed E-state index contributed by atoms with van der Waals surface area (Å²) in [6.07, 6.45) is 8.40. The van der Waals surface area contributed by atoms with Crippen LogP contribution in [0, 0.1) is 11.6 Å². The molecular weight excluding hydrogens is 590 g/mol. The first-order valence-electron chi connectivity index (χ1n) is 15.0. The van der Waals surface area contributed by atoms with Crippen LogP contribution in [0.3, 0.4) is 0 Å². The Bertz CT molecular complexity index is 1700. The molecule has 6 rings (SSSR count). The second kappa shape index (κ2) is 13.3. The minimum Gasteiger partial charge on any atom is -0.379 e. The van der Waals surface area contributed by atoms with E-state index in [4.69, 9.17) is 14.3 Å². The van der Waals surface area contributed by atoms with Gasteiger partial charge < -0.3 is 9.64 Å². The molecule has 10 nitrogen and oxygen atoms in total. The van der Waals surface area contributed by atoms with Gasteiger partial charge in [0.2, 0.25) is 0 Å². The molecule has 2 fully saturated rings. The predicted molar refractivity (Wildman–Crippen MR) is 163 cm³/mol. The van der Waals surface area contributed by atoms with E-state index in [2.05, 4.69) is 15.0 Å². The maximum absolute atomic E-state index is 15.2. The number of piperidine rings is 1. The summed E-state index contributed by atoms with van der Waals surface area (Å²) >= 11 is 0. The lowest BCUT2D eigenvalue weighted by atomic mass is 10.0. The molecule has 0 spiro atoms. The summed E-state index contributed by atoms with van der Waals surface area (Å²) in [5, 5.41) is 4.61. The highest BCUT2D eigenvalue weighted by Crippen LogP contribution is 2.32. The number of unbranched alkanes of at least 4 members (excludes halogenated alkanes) is 1. The molecule has 234 valence electrons. The predicted octanol–water partition coefficient (Wildman–Crippen LogP) is 4.58. The van der Waals surface area contributed by atoms with Crippen LogP contribution in [0.5, 0.6) is 0 Å². The van der Waals surface area contributed by atoms with Gasteiger partial charge in [-0.15, -0.1) is 0 Å². The summed E-state index contributed by atoms with van der Waals surface area (Å²) in [6.45, 7) is 5.14. The molecule has 0 aliphatic carbocycles. The van der Waals surface area contributed by atoms with Gasteiger partial charge in [0.25, 0.3) is 10.1 Å². The first-order chi connectivity index (χ1) is 21.2. The van der Waals surface area contributed by atoms with Gasteiger partial charge in [-0.1, -0.05) is 12.1 Å². The maximum atomic E-state index is 15.2. The van der Waals surface area contributed by atoms with Crippen molar-refractivity contribution in [1.29, 1.82) is 0 Å². The van der Waals surface area contributed by atoms with Crippen molar-refractivity contribution in [2.24, 2.45) is 0 Å². The van der Waals surface area contributed by atoms with Gasteiger partial charge in [-0.3, -0.25) is 19.1 Å². The molecule has 0 radical (unpaired) electrons. The molecule has 2 aromatic carbocycles.